The zero-order chi connectivity index (χ0) is 12.3. The van der Waals surface area contributed by atoms with Gasteiger partial charge in [0.15, 0.2) is 0 Å². The van der Waals surface area contributed by atoms with Crippen LogP contribution < -0.4 is 5.32 Å². The third kappa shape index (κ3) is 2.29. The Balaban J connectivity index is 2.23. The number of nitriles is 1. The van der Waals surface area contributed by atoms with Gasteiger partial charge in [0.2, 0.25) is 11.8 Å². The molecule has 2 amide bonds. The van der Waals surface area contributed by atoms with E-state index in [1.54, 1.807) is 12.1 Å². The minimum absolute atomic E-state index is 0.107. The summed E-state index contributed by atoms with van der Waals surface area (Å²) in [6.45, 7) is 0.401. The lowest BCUT2D eigenvalue weighted by molar-refractivity contribution is -0.147. The number of pyridine rings is 1. The smallest absolute Gasteiger partial charge is 0.243 e. The molecule has 17 heavy (non-hydrogen) atoms. The van der Waals surface area contributed by atoms with E-state index in [9.17, 15) is 9.59 Å². The molecule has 2 rings (SSSR count). The van der Waals surface area contributed by atoms with Crippen LogP contribution in [-0.4, -0.2) is 34.8 Å². The molecule has 1 N–H and O–H groups in total. The van der Waals surface area contributed by atoms with Crippen molar-refractivity contribution in [1.29, 1.82) is 5.26 Å². The first kappa shape index (κ1) is 11.2. The van der Waals surface area contributed by atoms with Crippen molar-refractivity contribution in [1.82, 2.24) is 15.2 Å². The molecule has 0 unspecified atom stereocenters. The van der Waals surface area contributed by atoms with Crippen molar-refractivity contribution < 1.29 is 9.59 Å². The normalized spacial score (nSPS) is 15.8. The highest BCUT2D eigenvalue weighted by Gasteiger charge is 2.26. The van der Waals surface area contributed by atoms with E-state index in [2.05, 4.69) is 10.3 Å². The zero-order valence-electron chi connectivity index (χ0n) is 9.01. The quantitative estimate of drug-likeness (QED) is 0.686. The number of hydrogen-bond donors (Lipinski definition) is 1. The topological polar surface area (TPSA) is 86.1 Å². The molecule has 86 valence electrons. The van der Waals surface area contributed by atoms with E-state index < -0.39 is 0 Å². The number of imide groups is 1. The van der Waals surface area contributed by atoms with Crippen LogP contribution in [0.4, 0.5) is 0 Å². The van der Waals surface area contributed by atoms with E-state index >= 15 is 0 Å². The highest BCUT2D eigenvalue weighted by Crippen LogP contribution is 2.10. The maximum atomic E-state index is 11.5. The molecule has 0 saturated carbocycles. The van der Waals surface area contributed by atoms with Crippen molar-refractivity contribution in [2.24, 2.45) is 0 Å². The van der Waals surface area contributed by atoms with Gasteiger partial charge in [0, 0.05) is 11.8 Å². The average molecular weight is 230 g/mol. The number of rotatable bonds is 2. The molecule has 6 nitrogen and oxygen atoms in total. The van der Waals surface area contributed by atoms with Crippen molar-refractivity contribution in [2.45, 2.75) is 6.54 Å². The maximum Gasteiger partial charge on any atom is 0.243 e. The predicted molar refractivity (Wildman–Crippen MR) is 57.4 cm³/mol. The van der Waals surface area contributed by atoms with Crippen LogP contribution in [0.3, 0.4) is 0 Å². The molecular weight excluding hydrogens is 220 g/mol. The highest BCUT2D eigenvalue weighted by molar-refractivity contribution is 5.99. The highest BCUT2D eigenvalue weighted by atomic mass is 16.2. The summed E-state index contributed by atoms with van der Waals surface area (Å²) in [5.41, 5.74) is 0.824. The summed E-state index contributed by atoms with van der Waals surface area (Å²) >= 11 is 0. The third-order valence-electron chi connectivity index (χ3n) is 2.48. The molecule has 1 aromatic heterocycles. The van der Waals surface area contributed by atoms with Gasteiger partial charge in [0.25, 0.3) is 0 Å². The van der Waals surface area contributed by atoms with Crippen molar-refractivity contribution in [2.75, 3.05) is 13.1 Å². The Bertz CT molecular complexity index is 490. The Morgan fingerprint density at radius 1 is 1.41 bits per heavy atom. The second-order valence-corrected chi connectivity index (χ2v) is 3.60. The molecule has 0 aromatic carbocycles. The van der Waals surface area contributed by atoms with Crippen LogP contribution in [0.5, 0.6) is 0 Å². The van der Waals surface area contributed by atoms with Crippen LogP contribution >= 0.6 is 0 Å². The van der Waals surface area contributed by atoms with Crippen LogP contribution in [0.25, 0.3) is 0 Å². The fraction of sp³-hybridized carbons (Fsp3) is 0.273. The largest absolute Gasteiger partial charge is 0.300 e. The fourth-order valence-electron chi connectivity index (χ4n) is 1.62. The summed E-state index contributed by atoms with van der Waals surface area (Å²) in [5.74, 6) is -0.567. The van der Waals surface area contributed by atoms with Gasteiger partial charge in [-0.05, 0) is 6.07 Å². The summed E-state index contributed by atoms with van der Waals surface area (Å²) in [6, 6.07) is 5.30. The predicted octanol–water partition coefficient (Wildman–Crippen LogP) is -0.588. The van der Waals surface area contributed by atoms with E-state index in [4.69, 9.17) is 5.26 Å². The van der Waals surface area contributed by atoms with Gasteiger partial charge in [-0.1, -0.05) is 6.07 Å². The first-order chi connectivity index (χ1) is 8.22. The number of aromatic nitrogens is 1. The number of nitrogens with zero attached hydrogens (tertiary/aromatic N) is 3. The molecule has 6 heteroatoms. The molecule has 1 aromatic rings. The summed E-state index contributed by atoms with van der Waals surface area (Å²) in [4.78, 5) is 28.1. The van der Waals surface area contributed by atoms with Crippen molar-refractivity contribution in [3.8, 4) is 6.07 Å². The van der Waals surface area contributed by atoms with Gasteiger partial charge in [-0.3, -0.25) is 19.8 Å². The summed E-state index contributed by atoms with van der Waals surface area (Å²) < 4.78 is 0. The molecular formula is C11H10N4O2. The molecule has 0 bridgehead atoms. The number of carbonyl (C=O) groups excluding carboxylic acids is 2. The monoisotopic (exact) mass is 230 g/mol. The van der Waals surface area contributed by atoms with E-state index in [0.29, 0.717) is 5.56 Å². The lowest BCUT2D eigenvalue weighted by Gasteiger charge is -2.25. The average Bonchev–Trinajstić information content (AvgIpc) is 2.34. The summed E-state index contributed by atoms with van der Waals surface area (Å²) in [6.07, 6.45) is 1.50. The van der Waals surface area contributed by atoms with E-state index in [1.165, 1.54) is 6.20 Å². The molecule has 0 radical (unpaired) electrons. The molecule has 1 aliphatic heterocycles. The van der Waals surface area contributed by atoms with Crippen molar-refractivity contribution in [3.05, 3.63) is 29.6 Å². The van der Waals surface area contributed by atoms with Crippen molar-refractivity contribution >= 4 is 11.8 Å². The van der Waals surface area contributed by atoms with Gasteiger partial charge in [-0.2, -0.15) is 5.26 Å². The molecule has 1 fully saturated rings. The number of hydrogen-bond acceptors (Lipinski definition) is 5. The molecule has 1 aliphatic rings. The molecule has 0 aliphatic carbocycles. The van der Waals surface area contributed by atoms with Crippen LogP contribution in [0.15, 0.2) is 18.3 Å². The van der Waals surface area contributed by atoms with Gasteiger partial charge >= 0.3 is 0 Å². The van der Waals surface area contributed by atoms with Gasteiger partial charge in [0.05, 0.1) is 19.6 Å². The maximum absolute atomic E-state index is 11.5. The molecule has 2 heterocycles. The molecule has 0 spiro atoms. The molecule has 1 saturated heterocycles. The Labute approximate surface area is 97.9 Å². The number of nitrogens with one attached hydrogen (secondary N) is 1. The SMILES string of the molecule is N#Cc1ncccc1CN1C(=O)CNCC1=O. The number of amides is 2. The van der Waals surface area contributed by atoms with Gasteiger partial charge in [-0.25, -0.2) is 4.98 Å². The summed E-state index contributed by atoms with van der Waals surface area (Å²) in [7, 11) is 0. The zero-order valence-corrected chi connectivity index (χ0v) is 9.01. The van der Waals surface area contributed by atoms with E-state index in [-0.39, 0.29) is 37.1 Å². The van der Waals surface area contributed by atoms with Crippen LogP contribution in [0, 0.1) is 11.3 Å². The number of carbonyl (C=O) groups is 2. The van der Waals surface area contributed by atoms with Crippen LogP contribution in [-0.2, 0) is 16.1 Å². The third-order valence-corrected chi connectivity index (χ3v) is 2.48. The summed E-state index contributed by atoms with van der Waals surface area (Å²) in [5, 5.41) is 11.6. The second-order valence-electron chi connectivity index (χ2n) is 3.60. The van der Waals surface area contributed by atoms with Crippen LogP contribution in [0.1, 0.15) is 11.3 Å². The second kappa shape index (κ2) is 4.72. The minimum atomic E-state index is -0.283. The van der Waals surface area contributed by atoms with E-state index in [1.807, 2.05) is 6.07 Å². The Kier molecular flexibility index (Phi) is 3.12. The van der Waals surface area contributed by atoms with Gasteiger partial charge in [0.1, 0.15) is 11.8 Å². The minimum Gasteiger partial charge on any atom is -0.300 e. The Morgan fingerprint density at radius 3 is 2.76 bits per heavy atom. The van der Waals surface area contributed by atoms with Gasteiger partial charge < -0.3 is 0 Å². The first-order valence-electron chi connectivity index (χ1n) is 5.10. The molecule has 0 atom stereocenters. The standard InChI is InChI=1S/C11H10N4O2/c12-4-9-8(2-1-3-14-9)7-15-10(16)5-13-6-11(15)17/h1-3,13H,5-7H2. The fourth-order valence-corrected chi connectivity index (χ4v) is 1.62. The first-order valence-corrected chi connectivity index (χ1v) is 5.10. The lowest BCUT2D eigenvalue weighted by atomic mass is 10.1. The van der Waals surface area contributed by atoms with Crippen LogP contribution in [0.2, 0.25) is 0 Å². The van der Waals surface area contributed by atoms with Crippen molar-refractivity contribution in [3.63, 3.8) is 0 Å². The Morgan fingerprint density at radius 2 is 2.12 bits per heavy atom. The lowest BCUT2D eigenvalue weighted by Crippen LogP contribution is -2.51. The Hall–Kier alpha value is -2.26. The van der Waals surface area contributed by atoms with Gasteiger partial charge in [-0.15, -0.1) is 0 Å². The van der Waals surface area contributed by atoms with E-state index in [0.717, 1.165) is 4.90 Å². The number of piperazine rings is 1.